The van der Waals surface area contributed by atoms with Crippen LogP contribution >= 0.6 is 11.8 Å². The fourth-order valence-corrected chi connectivity index (χ4v) is 6.21. The number of nitrogens with zero attached hydrogens (tertiary/aromatic N) is 2. The summed E-state index contributed by atoms with van der Waals surface area (Å²) in [7, 11) is -3.58. The second-order valence-electron chi connectivity index (χ2n) is 8.47. The summed E-state index contributed by atoms with van der Waals surface area (Å²) >= 11 is 1.38. The van der Waals surface area contributed by atoms with Crippen molar-refractivity contribution >= 4 is 44.3 Å². The van der Waals surface area contributed by atoms with Gasteiger partial charge in [0.1, 0.15) is 0 Å². The van der Waals surface area contributed by atoms with Crippen molar-refractivity contribution in [1.82, 2.24) is 9.29 Å². The number of aromatic nitrogens is 1. The summed E-state index contributed by atoms with van der Waals surface area (Å²) in [6.07, 6.45) is 0. The van der Waals surface area contributed by atoms with Crippen molar-refractivity contribution in [1.29, 1.82) is 0 Å². The van der Waals surface area contributed by atoms with E-state index in [0.717, 1.165) is 32.8 Å². The minimum Gasteiger partial charge on any atom is -0.379 e. The summed E-state index contributed by atoms with van der Waals surface area (Å²) in [5.41, 5.74) is 4.60. The summed E-state index contributed by atoms with van der Waals surface area (Å²) in [6.45, 7) is 9.31. The zero-order valence-corrected chi connectivity index (χ0v) is 21.4. The minimum absolute atomic E-state index is 0.0924. The van der Waals surface area contributed by atoms with Crippen LogP contribution in [0.15, 0.2) is 52.4 Å². The molecule has 1 aromatic heterocycles. The number of aryl methyl sites for hydroxylation is 2. The zero-order valence-electron chi connectivity index (χ0n) is 19.8. The molecule has 180 valence electrons. The third-order valence-electron chi connectivity index (χ3n) is 6.10. The maximum absolute atomic E-state index is 13.0. The Balaban J connectivity index is 1.53. The second-order valence-corrected chi connectivity index (χ2v) is 11.8. The standard InChI is InChI=1S/C25H29N3O4S2/c1-16-6-5-7-22(18(16)3)27-25(29)19(4)33-24-14-17(2)21-15-20(8-9-23(21)26-24)34(30,31)28-10-12-32-13-11-28/h5-9,14-15,19H,10-13H2,1-4H3,(H,27,29)/t19-/m1/s1. The van der Waals surface area contributed by atoms with E-state index in [-0.39, 0.29) is 16.1 Å². The predicted molar refractivity (Wildman–Crippen MR) is 136 cm³/mol. The van der Waals surface area contributed by atoms with Gasteiger partial charge >= 0.3 is 0 Å². The van der Waals surface area contributed by atoms with Gasteiger partial charge in [-0.25, -0.2) is 13.4 Å². The first-order valence-corrected chi connectivity index (χ1v) is 13.5. The van der Waals surface area contributed by atoms with E-state index in [1.807, 2.05) is 52.0 Å². The maximum atomic E-state index is 13.0. The van der Waals surface area contributed by atoms with E-state index in [2.05, 4.69) is 10.3 Å². The highest BCUT2D eigenvalue weighted by Crippen LogP contribution is 2.30. The maximum Gasteiger partial charge on any atom is 0.243 e. The predicted octanol–water partition coefficient (Wildman–Crippen LogP) is 4.30. The Bertz CT molecular complexity index is 1340. The molecule has 0 bridgehead atoms. The number of morpholine rings is 1. The minimum atomic E-state index is -3.58. The molecule has 2 aromatic carbocycles. The number of ether oxygens (including phenoxy) is 1. The van der Waals surface area contributed by atoms with E-state index in [1.165, 1.54) is 16.1 Å². The smallest absolute Gasteiger partial charge is 0.243 e. The van der Waals surface area contributed by atoms with Gasteiger partial charge in [0, 0.05) is 24.2 Å². The molecule has 1 amide bonds. The van der Waals surface area contributed by atoms with Gasteiger partial charge < -0.3 is 10.1 Å². The molecule has 0 saturated carbocycles. The molecule has 0 unspecified atom stereocenters. The van der Waals surface area contributed by atoms with Gasteiger partial charge in [0.05, 0.1) is 33.9 Å². The molecular formula is C25H29N3O4S2. The zero-order chi connectivity index (χ0) is 24.5. The van der Waals surface area contributed by atoms with E-state index in [0.29, 0.717) is 31.8 Å². The van der Waals surface area contributed by atoms with Gasteiger partial charge in [-0.3, -0.25) is 4.79 Å². The summed E-state index contributed by atoms with van der Waals surface area (Å²) in [5.74, 6) is -0.0924. The molecule has 34 heavy (non-hydrogen) atoms. The molecule has 1 aliphatic rings. The number of hydrogen-bond acceptors (Lipinski definition) is 6. The van der Waals surface area contributed by atoms with E-state index in [1.54, 1.807) is 18.2 Å². The number of sulfonamides is 1. The number of benzene rings is 2. The Morgan fingerprint density at radius 1 is 1.09 bits per heavy atom. The highest BCUT2D eigenvalue weighted by molar-refractivity contribution is 8.00. The van der Waals surface area contributed by atoms with E-state index < -0.39 is 10.0 Å². The summed E-state index contributed by atoms with van der Waals surface area (Å²) in [4.78, 5) is 17.7. The van der Waals surface area contributed by atoms with Crippen LogP contribution in [-0.4, -0.2) is 55.2 Å². The van der Waals surface area contributed by atoms with Crippen LogP contribution in [0, 0.1) is 20.8 Å². The number of carbonyl (C=O) groups excluding carboxylic acids is 1. The number of anilines is 1. The summed E-state index contributed by atoms with van der Waals surface area (Å²) in [5, 5.41) is 4.16. The number of nitrogens with one attached hydrogen (secondary N) is 1. The van der Waals surface area contributed by atoms with Crippen molar-refractivity contribution < 1.29 is 17.9 Å². The molecule has 7 nitrogen and oxygen atoms in total. The summed E-state index contributed by atoms with van der Waals surface area (Å²) < 4.78 is 32.8. The molecule has 0 spiro atoms. The topological polar surface area (TPSA) is 88.6 Å². The van der Waals surface area contributed by atoms with Crippen molar-refractivity contribution in [3.63, 3.8) is 0 Å². The van der Waals surface area contributed by atoms with Gasteiger partial charge in [0.2, 0.25) is 15.9 Å². The Morgan fingerprint density at radius 3 is 2.56 bits per heavy atom. The van der Waals surface area contributed by atoms with E-state index in [4.69, 9.17) is 4.74 Å². The highest BCUT2D eigenvalue weighted by atomic mass is 32.2. The molecular weight excluding hydrogens is 470 g/mol. The van der Waals surface area contributed by atoms with Gasteiger partial charge in [0.15, 0.2) is 0 Å². The fraction of sp³-hybridized carbons (Fsp3) is 0.360. The number of hydrogen-bond donors (Lipinski definition) is 1. The van der Waals surface area contributed by atoms with Gasteiger partial charge in [-0.15, -0.1) is 0 Å². The Labute approximate surface area is 205 Å². The van der Waals surface area contributed by atoms with Gasteiger partial charge in [0.25, 0.3) is 0 Å². The molecule has 3 aromatic rings. The van der Waals surface area contributed by atoms with Crippen LogP contribution in [0.25, 0.3) is 10.9 Å². The van der Waals surface area contributed by atoms with Crippen LogP contribution < -0.4 is 5.32 Å². The average Bonchev–Trinajstić information content (AvgIpc) is 2.82. The monoisotopic (exact) mass is 499 g/mol. The third-order valence-corrected chi connectivity index (χ3v) is 9.01. The third kappa shape index (κ3) is 5.12. The van der Waals surface area contributed by atoms with Crippen LogP contribution in [-0.2, 0) is 19.6 Å². The van der Waals surface area contributed by atoms with E-state index >= 15 is 0 Å². The number of fused-ring (bicyclic) bond motifs is 1. The quantitative estimate of drug-likeness (QED) is 0.509. The number of rotatable bonds is 6. The largest absolute Gasteiger partial charge is 0.379 e. The molecule has 0 radical (unpaired) electrons. The van der Waals surface area contributed by atoms with E-state index in [9.17, 15) is 13.2 Å². The fourth-order valence-electron chi connectivity index (χ4n) is 3.85. The molecule has 0 aliphatic carbocycles. The molecule has 1 saturated heterocycles. The average molecular weight is 500 g/mol. The lowest BCUT2D eigenvalue weighted by Crippen LogP contribution is -2.40. The first kappa shape index (κ1) is 24.7. The van der Waals surface area contributed by atoms with Crippen molar-refractivity contribution in [3.8, 4) is 0 Å². The van der Waals surface area contributed by atoms with Crippen molar-refractivity contribution in [2.45, 2.75) is 42.9 Å². The van der Waals surface area contributed by atoms with Crippen molar-refractivity contribution in [2.75, 3.05) is 31.6 Å². The molecule has 1 fully saturated rings. The molecule has 1 N–H and O–H groups in total. The molecule has 2 heterocycles. The van der Waals surface area contributed by atoms with Crippen LogP contribution in [0.1, 0.15) is 23.6 Å². The lowest BCUT2D eigenvalue weighted by atomic mass is 10.1. The van der Waals surface area contributed by atoms with Crippen molar-refractivity contribution in [3.05, 3.63) is 59.2 Å². The molecule has 1 atom stereocenters. The Kier molecular flexibility index (Phi) is 7.28. The van der Waals surface area contributed by atoms with Crippen molar-refractivity contribution in [2.24, 2.45) is 0 Å². The number of pyridine rings is 1. The normalized spacial score (nSPS) is 15.9. The SMILES string of the molecule is Cc1cccc(NC(=O)[C@@H](C)Sc2cc(C)c3cc(S(=O)(=O)N4CCOCC4)ccc3n2)c1C. The molecule has 1 aliphatic heterocycles. The van der Waals surface area contributed by atoms with Gasteiger partial charge in [-0.2, -0.15) is 4.31 Å². The lowest BCUT2D eigenvalue weighted by Gasteiger charge is -2.26. The molecule has 4 rings (SSSR count). The van der Waals surface area contributed by atoms with Gasteiger partial charge in [-0.1, -0.05) is 23.9 Å². The van der Waals surface area contributed by atoms with Crippen LogP contribution in [0.4, 0.5) is 5.69 Å². The summed E-state index contributed by atoms with van der Waals surface area (Å²) in [6, 6.07) is 12.8. The molecule has 9 heteroatoms. The van der Waals surface area contributed by atoms with Gasteiger partial charge in [-0.05, 0) is 74.7 Å². The highest BCUT2D eigenvalue weighted by Gasteiger charge is 2.27. The number of carbonyl (C=O) groups is 1. The number of thioether (sulfide) groups is 1. The first-order chi connectivity index (χ1) is 16.2. The second kappa shape index (κ2) is 10.0. The number of amides is 1. The van der Waals surface area contributed by atoms with Crippen LogP contribution in [0.3, 0.4) is 0 Å². The van der Waals surface area contributed by atoms with Crippen LogP contribution in [0.2, 0.25) is 0 Å². The first-order valence-electron chi connectivity index (χ1n) is 11.2. The van der Waals surface area contributed by atoms with Crippen LogP contribution in [0.5, 0.6) is 0 Å². The Hall–Kier alpha value is -2.46. The Morgan fingerprint density at radius 2 is 1.82 bits per heavy atom. The lowest BCUT2D eigenvalue weighted by molar-refractivity contribution is -0.115.